The first-order valence-electron chi connectivity index (χ1n) is 7.57. The first-order chi connectivity index (χ1) is 10.3. The highest BCUT2D eigenvalue weighted by Gasteiger charge is 2.20. The van der Waals surface area contributed by atoms with Gasteiger partial charge in [-0.05, 0) is 35.7 Å². The molecular formula is C18H21BrN2. The van der Waals surface area contributed by atoms with Gasteiger partial charge >= 0.3 is 0 Å². The van der Waals surface area contributed by atoms with Crippen molar-refractivity contribution in [2.45, 2.75) is 32.5 Å². The van der Waals surface area contributed by atoms with E-state index in [0.29, 0.717) is 6.04 Å². The molecule has 1 N–H and O–H groups in total. The molecule has 0 fully saturated rings. The largest absolute Gasteiger partial charge is 0.365 e. The summed E-state index contributed by atoms with van der Waals surface area (Å²) in [5, 5.41) is 3.66. The molecule has 1 unspecified atom stereocenters. The van der Waals surface area contributed by atoms with E-state index in [1.54, 1.807) is 0 Å². The lowest BCUT2D eigenvalue weighted by atomic mass is 10.1. The molecule has 0 aromatic heterocycles. The van der Waals surface area contributed by atoms with Crippen LogP contribution in [0.1, 0.15) is 24.5 Å². The third-order valence-corrected chi connectivity index (χ3v) is 4.60. The van der Waals surface area contributed by atoms with E-state index in [9.17, 15) is 0 Å². The van der Waals surface area contributed by atoms with E-state index in [0.717, 1.165) is 30.5 Å². The number of nitrogens with one attached hydrogen (secondary N) is 1. The molecular weight excluding hydrogens is 324 g/mol. The van der Waals surface area contributed by atoms with Gasteiger partial charge in [-0.25, -0.2) is 0 Å². The molecule has 1 heterocycles. The zero-order valence-electron chi connectivity index (χ0n) is 12.3. The molecule has 2 aromatic carbocycles. The first kappa shape index (κ1) is 14.6. The second-order valence-electron chi connectivity index (χ2n) is 5.63. The summed E-state index contributed by atoms with van der Waals surface area (Å²) in [6.07, 6.45) is 1.16. The maximum Gasteiger partial charge on any atom is 0.0430 e. The topological polar surface area (TPSA) is 15.3 Å². The van der Waals surface area contributed by atoms with Crippen molar-refractivity contribution in [3.05, 3.63) is 64.1 Å². The minimum absolute atomic E-state index is 0.546. The first-order valence-corrected chi connectivity index (χ1v) is 8.36. The standard InChI is InChI=1S/C18H21BrN2/c1-2-17-13-21(12-14-6-5-8-16(19)10-14)18-9-4-3-7-15(18)11-20-17/h3-10,17,20H,2,11-13H2,1H3. The van der Waals surface area contributed by atoms with Crippen molar-refractivity contribution in [2.75, 3.05) is 11.4 Å². The van der Waals surface area contributed by atoms with Crippen LogP contribution in [0.15, 0.2) is 53.0 Å². The summed E-state index contributed by atoms with van der Waals surface area (Å²) in [5.41, 5.74) is 4.10. The lowest BCUT2D eigenvalue weighted by molar-refractivity contribution is 0.502. The predicted molar refractivity (Wildman–Crippen MR) is 92.6 cm³/mol. The highest BCUT2D eigenvalue weighted by atomic mass is 79.9. The summed E-state index contributed by atoms with van der Waals surface area (Å²) in [7, 11) is 0. The second-order valence-corrected chi connectivity index (χ2v) is 6.54. The average Bonchev–Trinajstić information content (AvgIpc) is 2.67. The fourth-order valence-electron chi connectivity index (χ4n) is 2.93. The predicted octanol–water partition coefficient (Wildman–Crippen LogP) is 4.34. The summed E-state index contributed by atoms with van der Waals surface area (Å²) in [6, 6.07) is 17.9. The fourth-order valence-corrected chi connectivity index (χ4v) is 3.38. The normalized spacial score (nSPS) is 18.2. The van der Waals surface area contributed by atoms with Crippen LogP contribution in [0.2, 0.25) is 0 Å². The van der Waals surface area contributed by atoms with Gasteiger partial charge in [-0.1, -0.05) is 53.2 Å². The highest BCUT2D eigenvalue weighted by Crippen LogP contribution is 2.26. The summed E-state index contributed by atoms with van der Waals surface area (Å²) < 4.78 is 1.15. The third kappa shape index (κ3) is 3.47. The van der Waals surface area contributed by atoms with Crippen LogP contribution in [-0.4, -0.2) is 12.6 Å². The lowest BCUT2D eigenvalue weighted by Crippen LogP contribution is -2.37. The third-order valence-electron chi connectivity index (χ3n) is 4.11. The smallest absolute Gasteiger partial charge is 0.0430 e. The molecule has 0 saturated heterocycles. The van der Waals surface area contributed by atoms with E-state index in [-0.39, 0.29) is 0 Å². The Bertz CT molecular complexity index is 612. The van der Waals surface area contributed by atoms with E-state index >= 15 is 0 Å². The van der Waals surface area contributed by atoms with Gasteiger partial charge in [0.15, 0.2) is 0 Å². The molecule has 21 heavy (non-hydrogen) atoms. The lowest BCUT2D eigenvalue weighted by Gasteiger charge is -2.27. The number of hydrogen-bond donors (Lipinski definition) is 1. The molecule has 1 aliphatic rings. The Morgan fingerprint density at radius 1 is 1.19 bits per heavy atom. The van der Waals surface area contributed by atoms with Crippen LogP contribution in [0.25, 0.3) is 0 Å². The van der Waals surface area contributed by atoms with E-state index in [1.165, 1.54) is 16.8 Å². The van der Waals surface area contributed by atoms with Crippen molar-refractivity contribution >= 4 is 21.6 Å². The number of benzene rings is 2. The van der Waals surface area contributed by atoms with E-state index in [2.05, 4.69) is 81.6 Å². The molecule has 0 bridgehead atoms. The average molecular weight is 345 g/mol. The number of para-hydroxylation sites is 1. The Morgan fingerprint density at radius 2 is 2.05 bits per heavy atom. The van der Waals surface area contributed by atoms with Crippen LogP contribution >= 0.6 is 15.9 Å². The van der Waals surface area contributed by atoms with Gasteiger partial charge in [0.25, 0.3) is 0 Å². The fraction of sp³-hybridized carbons (Fsp3) is 0.333. The van der Waals surface area contributed by atoms with Gasteiger partial charge in [0, 0.05) is 35.8 Å². The monoisotopic (exact) mass is 344 g/mol. The van der Waals surface area contributed by atoms with Gasteiger partial charge in [-0.15, -0.1) is 0 Å². The Labute approximate surface area is 135 Å². The van der Waals surface area contributed by atoms with E-state index in [1.807, 2.05) is 0 Å². The van der Waals surface area contributed by atoms with Crippen molar-refractivity contribution in [3.63, 3.8) is 0 Å². The van der Waals surface area contributed by atoms with Gasteiger partial charge in [0.2, 0.25) is 0 Å². The molecule has 0 aliphatic carbocycles. The van der Waals surface area contributed by atoms with Crippen LogP contribution in [0, 0.1) is 0 Å². The minimum atomic E-state index is 0.546. The number of nitrogens with zero attached hydrogens (tertiary/aromatic N) is 1. The molecule has 2 aromatic rings. The zero-order valence-corrected chi connectivity index (χ0v) is 13.9. The van der Waals surface area contributed by atoms with Gasteiger partial charge in [0.1, 0.15) is 0 Å². The zero-order chi connectivity index (χ0) is 14.7. The molecule has 0 saturated carbocycles. The molecule has 2 nitrogen and oxygen atoms in total. The maximum atomic E-state index is 3.66. The molecule has 3 rings (SSSR count). The van der Waals surface area contributed by atoms with Gasteiger partial charge in [-0.3, -0.25) is 0 Å². The molecule has 3 heteroatoms. The SMILES string of the molecule is CCC1CN(Cc2cccc(Br)c2)c2ccccc2CN1. The van der Waals surface area contributed by atoms with E-state index < -0.39 is 0 Å². The van der Waals surface area contributed by atoms with Crippen LogP contribution < -0.4 is 10.2 Å². The molecule has 1 aliphatic heterocycles. The molecule has 1 atom stereocenters. The number of halogens is 1. The van der Waals surface area contributed by atoms with Gasteiger partial charge in [0.05, 0.1) is 0 Å². The molecule has 110 valence electrons. The van der Waals surface area contributed by atoms with Crippen LogP contribution in [0.5, 0.6) is 0 Å². The van der Waals surface area contributed by atoms with Crippen molar-refractivity contribution in [2.24, 2.45) is 0 Å². The van der Waals surface area contributed by atoms with Crippen LogP contribution in [0.3, 0.4) is 0 Å². The van der Waals surface area contributed by atoms with Gasteiger partial charge in [-0.2, -0.15) is 0 Å². The minimum Gasteiger partial charge on any atom is -0.365 e. The Hall–Kier alpha value is -1.32. The number of hydrogen-bond acceptors (Lipinski definition) is 2. The van der Waals surface area contributed by atoms with Gasteiger partial charge < -0.3 is 10.2 Å². The summed E-state index contributed by atoms with van der Waals surface area (Å²) >= 11 is 3.57. The Kier molecular flexibility index (Phi) is 4.61. The molecule has 0 amide bonds. The van der Waals surface area contributed by atoms with Crippen molar-refractivity contribution < 1.29 is 0 Å². The van der Waals surface area contributed by atoms with Crippen molar-refractivity contribution in [3.8, 4) is 0 Å². The molecule has 0 spiro atoms. The second kappa shape index (κ2) is 6.63. The van der Waals surface area contributed by atoms with E-state index in [4.69, 9.17) is 0 Å². The quantitative estimate of drug-likeness (QED) is 0.890. The number of fused-ring (bicyclic) bond motifs is 1. The Morgan fingerprint density at radius 3 is 2.86 bits per heavy atom. The Balaban J connectivity index is 1.90. The summed E-state index contributed by atoms with van der Waals surface area (Å²) in [6.45, 7) is 5.23. The number of rotatable bonds is 3. The summed E-state index contributed by atoms with van der Waals surface area (Å²) in [5.74, 6) is 0. The molecule has 0 radical (unpaired) electrons. The van der Waals surface area contributed by atoms with Crippen LogP contribution in [-0.2, 0) is 13.1 Å². The summed E-state index contributed by atoms with van der Waals surface area (Å²) in [4.78, 5) is 2.51. The highest BCUT2D eigenvalue weighted by molar-refractivity contribution is 9.10. The maximum absolute atomic E-state index is 3.66. The van der Waals surface area contributed by atoms with Crippen molar-refractivity contribution in [1.29, 1.82) is 0 Å². The number of anilines is 1. The van der Waals surface area contributed by atoms with Crippen LogP contribution in [0.4, 0.5) is 5.69 Å². The van der Waals surface area contributed by atoms with Crippen molar-refractivity contribution in [1.82, 2.24) is 5.32 Å².